The third-order valence-electron chi connectivity index (χ3n) is 3.83. The number of pyridine rings is 1. The van der Waals surface area contributed by atoms with Crippen LogP contribution in [0, 0.1) is 18.3 Å². The number of nitriles is 1. The molecule has 25 heavy (non-hydrogen) atoms. The first-order valence-corrected chi connectivity index (χ1v) is 7.96. The van der Waals surface area contributed by atoms with Gasteiger partial charge >= 0.3 is 5.97 Å². The van der Waals surface area contributed by atoms with Crippen molar-refractivity contribution in [3.63, 3.8) is 0 Å². The van der Waals surface area contributed by atoms with Crippen molar-refractivity contribution in [2.24, 2.45) is 0 Å². The first-order valence-electron chi connectivity index (χ1n) is 7.96. The molecule has 0 spiro atoms. The zero-order valence-electron chi connectivity index (χ0n) is 14.0. The molecule has 1 heterocycles. The van der Waals surface area contributed by atoms with Gasteiger partial charge in [0.15, 0.2) is 0 Å². The molecule has 0 fully saturated rings. The average molecular weight is 331 g/mol. The van der Waals surface area contributed by atoms with E-state index in [2.05, 4.69) is 16.4 Å². The van der Waals surface area contributed by atoms with Crippen LogP contribution in [0.15, 0.2) is 48.7 Å². The topological polar surface area (TPSA) is 75.0 Å². The number of nitrogens with zero attached hydrogens (tertiary/aromatic N) is 2. The highest BCUT2D eigenvalue weighted by Crippen LogP contribution is 2.31. The van der Waals surface area contributed by atoms with Crippen molar-refractivity contribution in [3.05, 3.63) is 65.4 Å². The van der Waals surface area contributed by atoms with E-state index >= 15 is 0 Å². The van der Waals surface area contributed by atoms with Crippen LogP contribution < -0.4 is 5.32 Å². The van der Waals surface area contributed by atoms with Crippen LogP contribution in [-0.4, -0.2) is 17.6 Å². The summed E-state index contributed by atoms with van der Waals surface area (Å²) in [4.78, 5) is 16.6. The van der Waals surface area contributed by atoms with E-state index in [4.69, 9.17) is 4.74 Å². The molecule has 1 aromatic heterocycles. The molecular formula is C20H17N3O2. The Bertz CT molecular complexity index is 973. The lowest BCUT2D eigenvalue weighted by molar-refractivity contribution is 0.0527. The van der Waals surface area contributed by atoms with E-state index in [1.54, 1.807) is 19.1 Å². The number of carbonyl (C=O) groups excluding carboxylic acids is 1. The number of para-hydroxylation sites is 1. The Balaban J connectivity index is 2.20. The van der Waals surface area contributed by atoms with E-state index in [-0.39, 0.29) is 6.61 Å². The van der Waals surface area contributed by atoms with Crippen molar-refractivity contribution in [3.8, 4) is 6.07 Å². The van der Waals surface area contributed by atoms with Gasteiger partial charge in [0.05, 0.1) is 23.4 Å². The lowest BCUT2D eigenvalue weighted by Crippen LogP contribution is -2.09. The molecule has 0 unspecified atom stereocenters. The first kappa shape index (κ1) is 16.5. The third-order valence-corrected chi connectivity index (χ3v) is 3.83. The Morgan fingerprint density at radius 1 is 1.24 bits per heavy atom. The van der Waals surface area contributed by atoms with Gasteiger partial charge in [-0.05, 0) is 32.0 Å². The van der Waals surface area contributed by atoms with Crippen LogP contribution in [-0.2, 0) is 4.74 Å². The minimum Gasteiger partial charge on any atom is -0.462 e. The minimum absolute atomic E-state index is 0.277. The Labute approximate surface area is 145 Å². The molecule has 5 nitrogen and oxygen atoms in total. The van der Waals surface area contributed by atoms with Crippen molar-refractivity contribution in [1.29, 1.82) is 5.26 Å². The molecule has 2 aromatic carbocycles. The van der Waals surface area contributed by atoms with Gasteiger partial charge in [-0.25, -0.2) is 4.79 Å². The Morgan fingerprint density at radius 2 is 2.00 bits per heavy atom. The predicted octanol–water partition coefficient (Wildman–Crippen LogP) is 4.34. The Kier molecular flexibility index (Phi) is 4.62. The van der Waals surface area contributed by atoms with Crippen molar-refractivity contribution in [2.75, 3.05) is 11.9 Å². The number of aromatic nitrogens is 1. The highest BCUT2D eigenvalue weighted by Gasteiger charge is 2.18. The van der Waals surface area contributed by atoms with Gasteiger partial charge in [-0.15, -0.1) is 0 Å². The van der Waals surface area contributed by atoms with E-state index < -0.39 is 5.97 Å². The molecule has 0 atom stereocenters. The fourth-order valence-corrected chi connectivity index (χ4v) is 2.59. The summed E-state index contributed by atoms with van der Waals surface area (Å²) in [5, 5.41) is 13.3. The number of ether oxygens (including phenoxy) is 1. The van der Waals surface area contributed by atoms with E-state index in [1.165, 1.54) is 6.20 Å². The number of esters is 1. The summed E-state index contributed by atoms with van der Waals surface area (Å²) < 4.78 is 5.15. The van der Waals surface area contributed by atoms with Crippen molar-refractivity contribution < 1.29 is 9.53 Å². The number of benzene rings is 2. The van der Waals surface area contributed by atoms with Gasteiger partial charge in [-0.3, -0.25) is 4.98 Å². The summed E-state index contributed by atoms with van der Waals surface area (Å²) in [7, 11) is 0. The van der Waals surface area contributed by atoms with Gasteiger partial charge < -0.3 is 10.1 Å². The number of fused-ring (bicyclic) bond motifs is 1. The van der Waals surface area contributed by atoms with E-state index in [1.807, 2.05) is 37.3 Å². The number of aryl methyl sites for hydroxylation is 1. The second-order valence-corrected chi connectivity index (χ2v) is 5.57. The lowest BCUT2D eigenvalue weighted by Gasteiger charge is -2.14. The number of rotatable bonds is 4. The summed E-state index contributed by atoms with van der Waals surface area (Å²) in [5.74, 6) is -0.450. The number of carbonyl (C=O) groups is 1. The maximum absolute atomic E-state index is 12.3. The number of hydrogen-bond donors (Lipinski definition) is 1. The summed E-state index contributed by atoms with van der Waals surface area (Å²) >= 11 is 0. The quantitative estimate of drug-likeness (QED) is 0.720. The molecule has 1 N–H and O–H groups in total. The molecular weight excluding hydrogens is 314 g/mol. The highest BCUT2D eigenvalue weighted by molar-refractivity contribution is 6.07. The molecule has 5 heteroatoms. The number of nitrogens with one attached hydrogen (secondary N) is 1. The van der Waals surface area contributed by atoms with Gasteiger partial charge in [0, 0.05) is 17.3 Å². The van der Waals surface area contributed by atoms with Crippen molar-refractivity contribution >= 4 is 28.2 Å². The van der Waals surface area contributed by atoms with Crippen LogP contribution in [0.2, 0.25) is 0 Å². The molecule has 0 radical (unpaired) electrons. The van der Waals surface area contributed by atoms with Gasteiger partial charge in [0.25, 0.3) is 0 Å². The summed E-state index contributed by atoms with van der Waals surface area (Å²) in [6, 6.07) is 15.3. The largest absolute Gasteiger partial charge is 0.462 e. The van der Waals surface area contributed by atoms with Crippen molar-refractivity contribution in [1.82, 2.24) is 4.98 Å². The monoisotopic (exact) mass is 331 g/mol. The standard InChI is InChI=1S/C20H17N3O2/c1-3-25-20(24)17-12-22-18-14(11-21)5-4-6-16(18)19(17)23-15-9-7-13(2)8-10-15/h4-10,12H,3H2,1-2H3,(H,22,23). The van der Waals surface area contributed by atoms with E-state index in [9.17, 15) is 10.1 Å². The number of anilines is 2. The zero-order chi connectivity index (χ0) is 17.8. The molecule has 0 aliphatic rings. The molecule has 0 amide bonds. The van der Waals surface area contributed by atoms with Crippen LogP contribution in [0.5, 0.6) is 0 Å². The van der Waals surface area contributed by atoms with Gasteiger partial charge in [0.2, 0.25) is 0 Å². The molecule has 0 saturated heterocycles. The third kappa shape index (κ3) is 3.29. The van der Waals surface area contributed by atoms with Crippen LogP contribution in [0.1, 0.15) is 28.4 Å². The smallest absolute Gasteiger partial charge is 0.341 e. The fraction of sp³-hybridized carbons (Fsp3) is 0.150. The summed E-state index contributed by atoms with van der Waals surface area (Å²) in [6.45, 7) is 4.04. The van der Waals surface area contributed by atoms with Crippen LogP contribution in [0.4, 0.5) is 11.4 Å². The zero-order valence-corrected chi connectivity index (χ0v) is 14.0. The Morgan fingerprint density at radius 3 is 2.68 bits per heavy atom. The van der Waals surface area contributed by atoms with Crippen LogP contribution >= 0.6 is 0 Å². The number of hydrogen-bond acceptors (Lipinski definition) is 5. The molecule has 0 saturated carbocycles. The average Bonchev–Trinajstić information content (AvgIpc) is 2.63. The molecule has 3 rings (SSSR count). The van der Waals surface area contributed by atoms with Crippen molar-refractivity contribution in [2.45, 2.75) is 13.8 Å². The van der Waals surface area contributed by atoms with E-state index in [0.717, 1.165) is 11.3 Å². The van der Waals surface area contributed by atoms with E-state index in [0.29, 0.717) is 27.7 Å². The molecule has 124 valence electrons. The maximum atomic E-state index is 12.3. The molecule has 0 aliphatic heterocycles. The second kappa shape index (κ2) is 7.02. The molecule has 3 aromatic rings. The SMILES string of the molecule is CCOC(=O)c1cnc2c(C#N)cccc2c1Nc1ccc(C)cc1. The van der Waals surface area contributed by atoms with Gasteiger partial charge in [0.1, 0.15) is 11.6 Å². The summed E-state index contributed by atoms with van der Waals surface area (Å²) in [5.41, 5.74) is 3.91. The first-order chi connectivity index (χ1) is 12.1. The second-order valence-electron chi connectivity index (χ2n) is 5.57. The normalized spacial score (nSPS) is 10.3. The summed E-state index contributed by atoms with van der Waals surface area (Å²) in [6.07, 6.45) is 1.46. The molecule has 0 aliphatic carbocycles. The van der Waals surface area contributed by atoms with Gasteiger partial charge in [-0.1, -0.05) is 29.8 Å². The lowest BCUT2D eigenvalue weighted by atomic mass is 10.1. The highest BCUT2D eigenvalue weighted by atomic mass is 16.5. The predicted molar refractivity (Wildman–Crippen MR) is 96.9 cm³/mol. The minimum atomic E-state index is -0.450. The Hall–Kier alpha value is -3.39. The van der Waals surface area contributed by atoms with Crippen LogP contribution in [0.3, 0.4) is 0 Å². The fourth-order valence-electron chi connectivity index (χ4n) is 2.59. The van der Waals surface area contributed by atoms with Crippen LogP contribution in [0.25, 0.3) is 10.9 Å². The maximum Gasteiger partial charge on any atom is 0.341 e. The van der Waals surface area contributed by atoms with Gasteiger partial charge in [-0.2, -0.15) is 5.26 Å². The molecule has 0 bridgehead atoms.